The zero-order chi connectivity index (χ0) is 22.1. The van der Waals surface area contributed by atoms with E-state index in [0.717, 1.165) is 16.9 Å². The molecule has 0 N–H and O–H groups in total. The maximum atomic E-state index is 13.5. The summed E-state index contributed by atoms with van der Waals surface area (Å²) in [5, 5.41) is 0.227. The Bertz CT molecular complexity index is 1200. The second kappa shape index (κ2) is 8.40. The van der Waals surface area contributed by atoms with Crippen molar-refractivity contribution < 1.29 is 9.59 Å². The molecule has 3 aromatic rings. The van der Waals surface area contributed by atoms with Crippen LogP contribution in [-0.2, 0) is 13.1 Å². The molecule has 0 fully saturated rings. The predicted molar refractivity (Wildman–Crippen MR) is 123 cm³/mol. The number of aromatic nitrogens is 1. The van der Waals surface area contributed by atoms with E-state index in [0.29, 0.717) is 30.1 Å². The van der Waals surface area contributed by atoms with E-state index in [-0.39, 0.29) is 10.9 Å². The van der Waals surface area contributed by atoms with Gasteiger partial charge < -0.3 is 14.4 Å². The summed E-state index contributed by atoms with van der Waals surface area (Å²) >= 11 is 6.47. The largest absolute Gasteiger partial charge is 0.366 e. The third kappa shape index (κ3) is 4.11. The predicted octanol–water partition coefficient (Wildman–Crippen LogP) is 4.47. The Kier molecular flexibility index (Phi) is 5.65. The third-order valence-electron chi connectivity index (χ3n) is 5.47. The maximum absolute atomic E-state index is 13.5. The monoisotopic (exact) mass is 434 g/mol. The van der Waals surface area contributed by atoms with Crippen molar-refractivity contribution in [3.05, 3.63) is 88.2 Å². The smallest absolute Gasteiger partial charge is 0.278 e. The number of nitrogens with zero attached hydrogens (tertiary/aromatic N) is 4. The number of amides is 2. The molecule has 2 aromatic carbocycles. The van der Waals surface area contributed by atoms with Gasteiger partial charge in [0.1, 0.15) is 5.84 Å². The van der Waals surface area contributed by atoms with Crippen LogP contribution in [-0.4, -0.2) is 41.2 Å². The summed E-state index contributed by atoms with van der Waals surface area (Å²) in [6.07, 6.45) is 2.02. The zero-order valence-corrected chi connectivity index (χ0v) is 18.4. The normalized spacial score (nSPS) is 13.3. The van der Waals surface area contributed by atoms with Crippen molar-refractivity contribution in [2.75, 3.05) is 19.0 Å². The highest BCUT2D eigenvalue weighted by Gasteiger charge is 2.26. The molecule has 0 saturated carbocycles. The van der Waals surface area contributed by atoms with Crippen LogP contribution in [0.25, 0.3) is 0 Å². The van der Waals surface area contributed by atoms with Gasteiger partial charge in [0, 0.05) is 43.8 Å². The van der Waals surface area contributed by atoms with Gasteiger partial charge in [0.05, 0.1) is 17.1 Å². The highest BCUT2D eigenvalue weighted by atomic mass is 35.5. The first-order valence-corrected chi connectivity index (χ1v) is 10.3. The van der Waals surface area contributed by atoms with Crippen LogP contribution in [0.2, 0.25) is 5.02 Å². The zero-order valence-electron chi connectivity index (χ0n) is 17.7. The van der Waals surface area contributed by atoms with Crippen LogP contribution in [0.15, 0.2) is 65.8 Å². The number of hydrogen-bond acceptors (Lipinski definition) is 2. The molecular weight excluding hydrogens is 412 g/mol. The van der Waals surface area contributed by atoms with Gasteiger partial charge in [-0.15, -0.1) is 0 Å². The molecule has 1 aliphatic heterocycles. The fourth-order valence-corrected chi connectivity index (χ4v) is 3.81. The molecule has 4 rings (SSSR count). The van der Waals surface area contributed by atoms with Gasteiger partial charge in [0.2, 0.25) is 0 Å². The number of para-hydroxylation sites is 1. The van der Waals surface area contributed by atoms with Gasteiger partial charge in [-0.1, -0.05) is 29.8 Å². The van der Waals surface area contributed by atoms with Crippen LogP contribution in [0.4, 0.5) is 5.69 Å². The summed E-state index contributed by atoms with van der Waals surface area (Å²) < 4.78 is 2.14. The van der Waals surface area contributed by atoms with Crippen molar-refractivity contribution in [2.24, 2.45) is 4.99 Å². The van der Waals surface area contributed by atoms with Gasteiger partial charge >= 0.3 is 0 Å². The maximum Gasteiger partial charge on any atom is 0.278 e. The molecule has 0 saturated heterocycles. The molecule has 158 valence electrons. The van der Waals surface area contributed by atoms with E-state index >= 15 is 0 Å². The summed E-state index contributed by atoms with van der Waals surface area (Å²) in [6.45, 7) is 2.89. The summed E-state index contributed by atoms with van der Waals surface area (Å²) in [6, 6.07) is 16.6. The Labute approximate surface area is 186 Å². The van der Waals surface area contributed by atoms with E-state index in [9.17, 15) is 9.59 Å². The molecule has 0 atom stereocenters. The van der Waals surface area contributed by atoms with Crippen LogP contribution in [0.1, 0.15) is 38.9 Å². The number of halogens is 1. The van der Waals surface area contributed by atoms with Gasteiger partial charge in [-0.2, -0.15) is 4.99 Å². The van der Waals surface area contributed by atoms with Crippen molar-refractivity contribution in [1.29, 1.82) is 0 Å². The van der Waals surface area contributed by atoms with Crippen LogP contribution >= 0.6 is 11.6 Å². The Morgan fingerprint density at radius 2 is 1.81 bits per heavy atom. The van der Waals surface area contributed by atoms with E-state index in [2.05, 4.69) is 9.56 Å². The number of carbonyl (C=O) groups excluding carboxylic acids is 2. The van der Waals surface area contributed by atoms with Crippen LogP contribution in [0, 0.1) is 0 Å². The molecule has 0 unspecified atom stereocenters. The van der Waals surface area contributed by atoms with Crippen molar-refractivity contribution in [1.82, 2.24) is 9.47 Å². The Hall–Kier alpha value is -3.38. The Morgan fingerprint density at radius 1 is 1.03 bits per heavy atom. The minimum Gasteiger partial charge on any atom is -0.366 e. The first kappa shape index (κ1) is 20.9. The van der Waals surface area contributed by atoms with Crippen LogP contribution in [0.5, 0.6) is 0 Å². The molecule has 0 spiro atoms. The lowest BCUT2D eigenvalue weighted by molar-refractivity contribution is 0.0979. The first-order valence-electron chi connectivity index (χ1n) is 9.95. The molecular formula is C24H23ClN4O2. The van der Waals surface area contributed by atoms with Crippen LogP contribution < -0.4 is 4.90 Å². The lowest BCUT2D eigenvalue weighted by atomic mass is 10.1. The van der Waals surface area contributed by atoms with Crippen molar-refractivity contribution in [3.63, 3.8) is 0 Å². The quantitative estimate of drug-likeness (QED) is 0.441. The summed E-state index contributed by atoms with van der Waals surface area (Å²) in [5.74, 6) is -0.0189. The summed E-state index contributed by atoms with van der Waals surface area (Å²) in [5.41, 5.74) is 3.65. The highest BCUT2D eigenvalue weighted by Crippen LogP contribution is 2.30. The molecule has 0 radical (unpaired) electrons. The number of benzene rings is 2. The summed E-state index contributed by atoms with van der Waals surface area (Å²) in [4.78, 5) is 33.5. The Balaban J connectivity index is 1.68. The molecule has 0 bridgehead atoms. The van der Waals surface area contributed by atoms with Crippen molar-refractivity contribution in [3.8, 4) is 0 Å². The van der Waals surface area contributed by atoms with Gasteiger partial charge in [-0.25, -0.2) is 0 Å². The number of amidine groups is 1. The highest BCUT2D eigenvalue weighted by molar-refractivity contribution is 6.35. The van der Waals surface area contributed by atoms with Gasteiger partial charge in [-0.05, 0) is 48.9 Å². The number of fused-ring (bicyclic) bond motifs is 2. The average molecular weight is 435 g/mol. The van der Waals surface area contributed by atoms with Gasteiger partial charge in [0.15, 0.2) is 0 Å². The van der Waals surface area contributed by atoms with E-state index in [1.165, 1.54) is 6.07 Å². The van der Waals surface area contributed by atoms with Gasteiger partial charge in [0.25, 0.3) is 11.8 Å². The molecule has 2 heterocycles. The molecule has 6 nitrogen and oxygen atoms in total. The second-order valence-corrected chi connectivity index (χ2v) is 8.11. The molecule has 1 aromatic heterocycles. The van der Waals surface area contributed by atoms with E-state index < -0.39 is 5.91 Å². The fraction of sp³-hybridized carbons (Fsp3) is 0.208. The number of rotatable bonds is 2. The standard InChI is InChI=1S/C24H23ClN4O2/c1-16(27(2)3)26-23(30)17-10-11-20(21(25)13-17)24(31)29-15-19-8-6-12-28(19)14-18-7-4-5-9-22(18)29/h4-13H,14-15H2,1-3H3. The van der Waals surface area contributed by atoms with E-state index in [1.54, 1.807) is 28.9 Å². The van der Waals surface area contributed by atoms with Gasteiger partial charge in [-0.3, -0.25) is 9.59 Å². The molecule has 31 heavy (non-hydrogen) atoms. The lowest BCUT2D eigenvalue weighted by Gasteiger charge is -2.23. The number of hydrogen-bond donors (Lipinski definition) is 0. The molecule has 0 aliphatic carbocycles. The van der Waals surface area contributed by atoms with Crippen molar-refractivity contribution in [2.45, 2.75) is 20.0 Å². The minimum absolute atomic E-state index is 0.209. The number of aliphatic imine (C=N–C) groups is 1. The van der Waals surface area contributed by atoms with E-state index in [4.69, 9.17) is 11.6 Å². The SMILES string of the molecule is CC(=NC(=O)c1ccc(C(=O)N2Cc3cccn3Cc3ccccc32)c(Cl)c1)N(C)C. The molecule has 1 aliphatic rings. The minimum atomic E-state index is -0.398. The van der Waals surface area contributed by atoms with Crippen LogP contribution in [0.3, 0.4) is 0 Å². The molecule has 7 heteroatoms. The lowest BCUT2D eigenvalue weighted by Crippen LogP contribution is -2.31. The van der Waals surface area contributed by atoms with E-state index in [1.807, 2.05) is 56.7 Å². The third-order valence-corrected chi connectivity index (χ3v) is 5.78. The van der Waals surface area contributed by atoms with Crippen molar-refractivity contribution >= 4 is 34.9 Å². The summed E-state index contributed by atoms with van der Waals surface area (Å²) in [7, 11) is 3.63. The Morgan fingerprint density at radius 3 is 2.55 bits per heavy atom. The topological polar surface area (TPSA) is 57.9 Å². The first-order chi connectivity index (χ1) is 14.8. The number of carbonyl (C=O) groups is 2. The number of anilines is 1. The second-order valence-electron chi connectivity index (χ2n) is 7.70. The fourth-order valence-electron chi connectivity index (χ4n) is 3.55. The average Bonchev–Trinajstić information content (AvgIpc) is 3.12. The molecule has 2 amide bonds.